The predicted octanol–water partition coefficient (Wildman–Crippen LogP) is 2.96. The van der Waals surface area contributed by atoms with Gasteiger partial charge in [0.25, 0.3) is 0 Å². The van der Waals surface area contributed by atoms with E-state index < -0.39 is 5.82 Å². The van der Waals surface area contributed by atoms with Crippen molar-refractivity contribution in [2.24, 2.45) is 0 Å². The number of rotatable bonds is 6. The summed E-state index contributed by atoms with van der Waals surface area (Å²) in [5.41, 5.74) is 4.33. The number of hydrogen-bond acceptors (Lipinski definition) is 8. The maximum Gasteiger partial charge on any atom is 0.160 e. The van der Waals surface area contributed by atoms with E-state index in [9.17, 15) is 0 Å². The number of aromatic amines is 2. The van der Waals surface area contributed by atoms with Crippen LogP contribution in [0.4, 0.5) is 10.2 Å². The number of halogens is 1. The molecule has 0 bridgehead atoms. The van der Waals surface area contributed by atoms with Crippen LogP contribution >= 0.6 is 0 Å². The summed E-state index contributed by atoms with van der Waals surface area (Å²) in [4.78, 5) is 26.0. The third-order valence-electron chi connectivity index (χ3n) is 6.62. The van der Waals surface area contributed by atoms with E-state index in [1.807, 2.05) is 19.1 Å². The molecule has 0 aromatic carbocycles. The van der Waals surface area contributed by atoms with Crippen LogP contribution in [0, 0.1) is 5.82 Å². The molecule has 0 spiro atoms. The van der Waals surface area contributed by atoms with Crippen LogP contribution < -0.4 is 10.2 Å². The van der Waals surface area contributed by atoms with E-state index in [-0.39, 0.29) is 5.39 Å². The Balaban J connectivity index is 1.42. The Morgan fingerprint density at radius 2 is 1.97 bits per heavy atom. The largest absolute Gasteiger partial charge is 0.352 e. The lowest BCUT2D eigenvalue weighted by Crippen LogP contribution is -2.44. The van der Waals surface area contributed by atoms with Gasteiger partial charge in [-0.2, -0.15) is 5.10 Å². The molecule has 1 saturated heterocycles. The fourth-order valence-corrected chi connectivity index (χ4v) is 4.61. The Kier molecular flexibility index (Phi) is 5.78. The molecular formula is C25H27FN10. The minimum atomic E-state index is -0.413. The quantitative estimate of drug-likeness (QED) is 0.336. The van der Waals surface area contributed by atoms with Crippen LogP contribution in [-0.2, 0) is 6.54 Å². The third kappa shape index (κ3) is 3.95. The molecule has 184 valence electrons. The van der Waals surface area contributed by atoms with Gasteiger partial charge in [0.1, 0.15) is 17.0 Å². The number of fused-ring (bicyclic) bond motifs is 2. The van der Waals surface area contributed by atoms with Crippen LogP contribution in [0.15, 0.2) is 36.9 Å². The summed E-state index contributed by atoms with van der Waals surface area (Å²) in [5, 5.41) is 10.8. The molecule has 3 N–H and O–H groups in total. The van der Waals surface area contributed by atoms with Gasteiger partial charge >= 0.3 is 0 Å². The average molecular weight is 487 g/mol. The van der Waals surface area contributed by atoms with Gasteiger partial charge in [-0.3, -0.25) is 10.1 Å². The highest BCUT2D eigenvalue weighted by Gasteiger charge is 2.23. The highest BCUT2D eigenvalue weighted by Crippen LogP contribution is 2.34. The SMILES string of the molecule is CCNCc1cncc(-c2cnc3[nH]nc(-c4nc5c(N6CCN(C)CC6)nccc5[nH]4)c3c2F)c1. The summed E-state index contributed by atoms with van der Waals surface area (Å²) in [7, 11) is 2.12. The van der Waals surface area contributed by atoms with Crippen LogP contribution in [0.25, 0.3) is 44.7 Å². The maximum atomic E-state index is 16.0. The zero-order valence-corrected chi connectivity index (χ0v) is 20.2. The summed E-state index contributed by atoms with van der Waals surface area (Å²) in [6.07, 6.45) is 6.71. The molecule has 0 atom stereocenters. The highest BCUT2D eigenvalue weighted by atomic mass is 19.1. The van der Waals surface area contributed by atoms with Gasteiger partial charge in [0, 0.05) is 68.6 Å². The van der Waals surface area contributed by atoms with Crippen molar-refractivity contribution in [2.45, 2.75) is 13.5 Å². The molecule has 5 aromatic rings. The van der Waals surface area contributed by atoms with Gasteiger partial charge in [0.05, 0.1) is 10.9 Å². The number of nitrogens with one attached hydrogen (secondary N) is 3. The Bertz CT molecular complexity index is 1530. The topological polar surface area (TPSA) is 115 Å². The van der Waals surface area contributed by atoms with Gasteiger partial charge in [-0.05, 0) is 31.3 Å². The molecule has 11 heteroatoms. The molecule has 5 aromatic heterocycles. The van der Waals surface area contributed by atoms with Crippen molar-refractivity contribution in [1.29, 1.82) is 0 Å². The number of anilines is 1. The molecule has 0 radical (unpaired) electrons. The summed E-state index contributed by atoms with van der Waals surface area (Å²) in [6.45, 7) is 7.21. The van der Waals surface area contributed by atoms with Crippen molar-refractivity contribution in [2.75, 3.05) is 44.7 Å². The number of likely N-dealkylation sites (N-methyl/N-ethyl adjacent to an activating group) is 1. The minimum Gasteiger partial charge on any atom is -0.352 e. The van der Waals surface area contributed by atoms with Gasteiger partial charge in [-0.1, -0.05) is 6.92 Å². The van der Waals surface area contributed by atoms with E-state index in [0.29, 0.717) is 34.8 Å². The number of aromatic nitrogens is 7. The van der Waals surface area contributed by atoms with Crippen LogP contribution in [0.1, 0.15) is 12.5 Å². The van der Waals surface area contributed by atoms with Crippen molar-refractivity contribution in [3.8, 4) is 22.6 Å². The number of piperazine rings is 1. The number of hydrogen-bond donors (Lipinski definition) is 3. The van der Waals surface area contributed by atoms with E-state index in [4.69, 9.17) is 4.98 Å². The second-order valence-corrected chi connectivity index (χ2v) is 9.05. The summed E-state index contributed by atoms with van der Waals surface area (Å²) < 4.78 is 16.0. The molecule has 6 heterocycles. The first-order chi connectivity index (χ1) is 17.6. The Labute approximate surface area is 207 Å². The molecular weight excluding hydrogens is 459 g/mol. The lowest BCUT2D eigenvalue weighted by Gasteiger charge is -2.33. The van der Waals surface area contributed by atoms with Gasteiger partial charge < -0.3 is 20.1 Å². The van der Waals surface area contributed by atoms with Crippen LogP contribution in [0.2, 0.25) is 0 Å². The molecule has 36 heavy (non-hydrogen) atoms. The van der Waals surface area contributed by atoms with Crippen molar-refractivity contribution >= 4 is 27.9 Å². The second-order valence-electron chi connectivity index (χ2n) is 9.05. The van der Waals surface area contributed by atoms with E-state index >= 15 is 4.39 Å². The molecule has 0 saturated carbocycles. The maximum absolute atomic E-state index is 16.0. The number of H-pyrrole nitrogens is 2. The first-order valence-electron chi connectivity index (χ1n) is 12.1. The molecule has 0 amide bonds. The molecule has 10 nitrogen and oxygen atoms in total. The van der Waals surface area contributed by atoms with E-state index in [2.05, 4.69) is 52.3 Å². The molecule has 6 rings (SSSR count). The van der Waals surface area contributed by atoms with Gasteiger partial charge in [-0.25, -0.2) is 19.3 Å². The van der Waals surface area contributed by atoms with E-state index in [0.717, 1.165) is 55.1 Å². The zero-order chi connectivity index (χ0) is 24.6. The van der Waals surface area contributed by atoms with Crippen molar-refractivity contribution < 1.29 is 4.39 Å². The molecule has 1 aliphatic rings. The van der Waals surface area contributed by atoms with Crippen molar-refractivity contribution in [1.82, 2.24) is 45.3 Å². The normalized spacial score (nSPS) is 14.8. The van der Waals surface area contributed by atoms with E-state index in [1.165, 1.54) is 6.20 Å². The monoisotopic (exact) mass is 486 g/mol. The molecule has 1 aliphatic heterocycles. The van der Waals surface area contributed by atoms with E-state index in [1.54, 1.807) is 18.6 Å². The van der Waals surface area contributed by atoms with Crippen LogP contribution in [0.5, 0.6) is 0 Å². The minimum absolute atomic E-state index is 0.290. The third-order valence-corrected chi connectivity index (χ3v) is 6.62. The number of imidazole rings is 1. The number of nitrogens with zero attached hydrogens (tertiary/aromatic N) is 7. The number of pyridine rings is 3. The standard InChI is InChI=1S/C25H27FN10/c1-3-27-11-15-10-16(13-28-12-15)17-14-30-23-19(20(17)26)22(33-34-23)24-31-18-4-5-29-25(21(18)32-24)36-8-6-35(2)7-9-36/h4-5,10,12-14,27H,3,6-9,11H2,1-2H3,(H,31,32)(H,30,33,34). The first kappa shape index (κ1) is 22.5. The summed E-state index contributed by atoms with van der Waals surface area (Å²) in [5.74, 6) is 0.881. The fourth-order valence-electron chi connectivity index (χ4n) is 4.61. The molecule has 0 aliphatic carbocycles. The molecule has 1 fully saturated rings. The smallest absolute Gasteiger partial charge is 0.160 e. The lowest BCUT2D eigenvalue weighted by atomic mass is 10.1. The lowest BCUT2D eigenvalue weighted by molar-refractivity contribution is 0.312. The van der Waals surface area contributed by atoms with Gasteiger partial charge in [-0.15, -0.1) is 0 Å². The Morgan fingerprint density at radius 1 is 1.11 bits per heavy atom. The zero-order valence-electron chi connectivity index (χ0n) is 20.2. The van der Waals surface area contributed by atoms with Gasteiger partial charge in [0.2, 0.25) is 0 Å². The summed E-state index contributed by atoms with van der Waals surface area (Å²) in [6, 6.07) is 3.80. The van der Waals surface area contributed by atoms with Crippen LogP contribution in [0.3, 0.4) is 0 Å². The van der Waals surface area contributed by atoms with Crippen molar-refractivity contribution in [3.05, 3.63) is 48.3 Å². The van der Waals surface area contributed by atoms with Crippen molar-refractivity contribution in [3.63, 3.8) is 0 Å². The van der Waals surface area contributed by atoms with Crippen LogP contribution in [-0.4, -0.2) is 79.8 Å². The van der Waals surface area contributed by atoms with Gasteiger partial charge in [0.15, 0.2) is 17.3 Å². The average Bonchev–Trinajstić information content (AvgIpc) is 3.53. The summed E-state index contributed by atoms with van der Waals surface area (Å²) >= 11 is 0. The highest BCUT2D eigenvalue weighted by molar-refractivity contribution is 5.95. The predicted molar refractivity (Wildman–Crippen MR) is 137 cm³/mol. The molecule has 0 unspecified atom stereocenters. The fraction of sp³-hybridized carbons (Fsp3) is 0.320. The second kappa shape index (κ2) is 9.25. The first-order valence-corrected chi connectivity index (χ1v) is 12.1. The Morgan fingerprint density at radius 3 is 2.81 bits per heavy atom. The Hall–Kier alpha value is -3.96.